The molecule has 194 valence electrons. The van der Waals surface area contributed by atoms with E-state index in [4.69, 9.17) is 0 Å². The molecule has 0 N–H and O–H groups in total. The van der Waals surface area contributed by atoms with Crippen molar-refractivity contribution in [3.05, 3.63) is 103 Å². The van der Waals surface area contributed by atoms with Gasteiger partial charge in [-0.25, -0.2) is 17.5 Å². The molecule has 0 spiro atoms. The second-order valence-corrected chi connectivity index (χ2v) is 11.5. The van der Waals surface area contributed by atoms with Crippen LogP contribution in [-0.4, -0.2) is 58.0 Å². The largest absolute Gasteiger partial charge is 0.366 e. The predicted molar refractivity (Wildman–Crippen MR) is 144 cm³/mol. The molecule has 0 unspecified atom stereocenters. The van der Waals surface area contributed by atoms with Gasteiger partial charge in [0.1, 0.15) is 10.7 Å². The summed E-state index contributed by atoms with van der Waals surface area (Å²) in [5.41, 5.74) is 3.85. The van der Waals surface area contributed by atoms with Gasteiger partial charge in [-0.05, 0) is 54.4 Å². The molecule has 0 amide bonds. The van der Waals surface area contributed by atoms with E-state index in [9.17, 15) is 12.8 Å². The third-order valence-electron chi connectivity index (χ3n) is 7.03. The minimum Gasteiger partial charge on any atom is -0.366 e. The smallest absolute Gasteiger partial charge is 0.246 e. The van der Waals surface area contributed by atoms with Crippen LogP contribution < -0.4 is 4.90 Å². The van der Waals surface area contributed by atoms with Crippen LogP contribution in [0.4, 0.5) is 10.1 Å². The Morgan fingerprint density at radius 1 is 0.921 bits per heavy atom. The summed E-state index contributed by atoms with van der Waals surface area (Å²) in [6.45, 7) is 1.28. The van der Waals surface area contributed by atoms with Crippen LogP contribution in [0.3, 0.4) is 0 Å². The molecule has 10 heteroatoms. The lowest BCUT2D eigenvalue weighted by atomic mass is 10.0. The van der Waals surface area contributed by atoms with Gasteiger partial charge in [0.25, 0.3) is 0 Å². The first-order valence-electron chi connectivity index (χ1n) is 12.4. The zero-order valence-electron chi connectivity index (χ0n) is 20.9. The van der Waals surface area contributed by atoms with Crippen molar-refractivity contribution < 1.29 is 12.8 Å². The third kappa shape index (κ3) is 4.57. The van der Waals surface area contributed by atoms with Gasteiger partial charge in [-0.15, -0.1) is 0 Å². The molecule has 0 aliphatic carbocycles. The van der Waals surface area contributed by atoms with Crippen LogP contribution in [0.15, 0.2) is 96.3 Å². The Balaban J connectivity index is 1.32. The van der Waals surface area contributed by atoms with Gasteiger partial charge in [-0.1, -0.05) is 30.3 Å². The zero-order chi connectivity index (χ0) is 26.3. The minimum absolute atomic E-state index is 0.0674. The molecule has 0 bridgehead atoms. The van der Waals surface area contributed by atoms with Crippen LogP contribution in [0.1, 0.15) is 5.56 Å². The number of fused-ring (bicyclic) bond motifs is 1. The molecule has 6 rings (SSSR count). The third-order valence-corrected chi connectivity index (χ3v) is 8.85. The zero-order valence-corrected chi connectivity index (χ0v) is 21.7. The number of hydrogen-bond donors (Lipinski definition) is 0. The molecule has 3 aromatic carbocycles. The van der Waals surface area contributed by atoms with Crippen LogP contribution in [-0.2, 0) is 23.5 Å². The first-order chi connectivity index (χ1) is 18.4. The van der Waals surface area contributed by atoms with E-state index in [1.54, 1.807) is 40.6 Å². The topological polar surface area (TPSA) is 76.3 Å². The van der Waals surface area contributed by atoms with E-state index < -0.39 is 10.0 Å². The van der Waals surface area contributed by atoms with E-state index in [2.05, 4.69) is 33.3 Å². The molecule has 1 aliphatic heterocycles. The number of nitrogens with zero attached hydrogens (tertiary/aromatic N) is 6. The lowest BCUT2D eigenvalue weighted by molar-refractivity contribution is 0.330. The maximum Gasteiger partial charge on any atom is 0.246 e. The molecule has 3 heterocycles. The van der Waals surface area contributed by atoms with Gasteiger partial charge >= 0.3 is 0 Å². The van der Waals surface area contributed by atoms with Crippen LogP contribution in [0, 0.1) is 5.82 Å². The first kappa shape index (κ1) is 24.3. The van der Waals surface area contributed by atoms with Crippen LogP contribution >= 0.6 is 0 Å². The average Bonchev–Trinajstić information content (AvgIpc) is 3.56. The molecular weight excluding hydrogens is 503 g/mol. The van der Waals surface area contributed by atoms with Crippen molar-refractivity contribution >= 4 is 26.6 Å². The molecule has 38 heavy (non-hydrogen) atoms. The maximum atomic E-state index is 13.4. The number of halogens is 1. The summed E-state index contributed by atoms with van der Waals surface area (Å²) in [6, 6.07) is 22.5. The number of hydrogen-bond acceptors (Lipinski definition) is 5. The number of anilines is 1. The van der Waals surface area contributed by atoms with E-state index in [0.29, 0.717) is 26.1 Å². The van der Waals surface area contributed by atoms with Crippen molar-refractivity contribution in [1.29, 1.82) is 0 Å². The quantitative estimate of drug-likeness (QED) is 0.332. The van der Waals surface area contributed by atoms with Crippen molar-refractivity contribution in [2.45, 2.75) is 17.4 Å². The fourth-order valence-electron chi connectivity index (χ4n) is 5.11. The normalized spacial score (nSPS) is 16.8. The highest BCUT2D eigenvalue weighted by Crippen LogP contribution is 2.30. The molecule has 1 saturated heterocycles. The number of benzene rings is 3. The highest BCUT2D eigenvalue weighted by atomic mass is 32.2. The second-order valence-electron chi connectivity index (χ2n) is 9.53. The van der Waals surface area contributed by atoms with E-state index in [-0.39, 0.29) is 16.8 Å². The number of sulfonamides is 1. The van der Waals surface area contributed by atoms with Crippen molar-refractivity contribution in [1.82, 2.24) is 23.9 Å². The molecule has 1 fully saturated rings. The Morgan fingerprint density at radius 2 is 1.68 bits per heavy atom. The Hall–Kier alpha value is -4.02. The maximum absolute atomic E-state index is 13.4. The van der Waals surface area contributed by atoms with E-state index in [1.165, 1.54) is 23.0 Å². The Morgan fingerprint density at radius 3 is 2.42 bits per heavy atom. The second kappa shape index (κ2) is 9.70. The highest BCUT2D eigenvalue weighted by Gasteiger charge is 2.35. The standard InChI is InChI=1S/C28H27FN6O2S/c1-32-20-27(18-30-32)38(36,37)33-13-14-34(26(19-33)15-21-5-3-2-4-6-21)25-11-12-28-22(16-25)17-31-35(28)24-9-7-23(29)8-10-24/h2-12,16-18,20,26H,13-15,19H2,1H3/t26-/m1/s1. The van der Waals surface area contributed by atoms with E-state index in [1.807, 2.05) is 30.3 Å². The molecule has 0 radical (unpaired) electrons. The summed E-state index contributed by atoms with van der Waals surface area (Å²) >= 11 is 0. The van der Waals surface area contributed by atoms with Gasteiger partial charge in [0, 0.05) is 50.0 Å². The summed E-state index contributed by atoms with van der Waals surface area (Å²) in [5, 5.41) is 9.54. The number of aryl methyl sites for hydroxylation is 1. The molecule has 5 aromatic rings. The Labute approximate surface area is 220 Å². The highest BCUT2D eigenvalue weighted by molar-refractivity contribution is 7.89. The molecule has 1 aliphatic rings. The van der Waals surface area contributed by atoms with Gasteiger partial charge in [0.15, 0.2) is 0 Å². The first-order valence-corrected chi connectivity index (χ1v) is 13.9. The summed E-state index contributed by atoms with van der Waals surface area (Å²) in [7, 11) is -1.94. The summed E-state index contributed by atoms with van der Waals surface area (Å²) in [4.78, 5) is 2.50. The fourth-order valence-corrected chi connectivity index (χ4v) is 6.57. The van der Waals surface area contributed by atoms with Gasteiger partial charge in [0.2, 0.25) is 10.0 Å². The molecular formula is C28H27FN6O2S. The van der Waals surface area contributed by atoms with Gasteiger partial charge < -0.3 is 4.90 Å². The lowest BCUT2D eigenvalue weighted by Gasteiger charge is -2.42. The molecule has 1 atom stereocenters. The predicted octanol–water partition coefficient (Wildman–Crippen LogP) is 4.02. The van der Waals surface area contributed by atoms with Crippen molar-refractivity contribution in [3.63, 3.8) is 0 Å². The van der Waals surface area contributed by atoms with Gasteiger partial charge in [-0.3, -0.25) is 4.68 Å². The van der Waals surface area contributed by atoms with Crippen molar-refractivity contribution in [3.8, 4) is 5.69 Å². The van der Waals surface area contributed by atoms with Crippen LogP contribution in [0.2, 0.25) is 0 Å². The number of rotatable bonds is 6. The van der Waals surface area contributed by atoms with Crippen molar-refractivity contribution in [2.24, 2.45) is 7.05 Å². The number of aromatic nitrogens is 4. The number of piperazine rings is 1. The molecule has 8 nitrogen and oxygen atoms in total. The minimum atomic E-state index is -3.65. The van der Waals surface area contributed by atoms with Gasteiger partial charge in [-0.2, -0.15) is 14.5 Å². The Kier molecular flexibility index (Phi) is 6.21. The lowest BCUT2D eigenvalue weighted by Crippen LogP contribution is -2.55. The fraction of sp³-hybridized carbons (Fsp3) is 0.214. The monoisotopic (exact) mass is 530 g/mol. The van der Waals surface area contributed by atoms with Crippen LogP contribution in [0.5, 0.6) is 0 Å². The van der Waals surface area contributed by atoms with Crippen molar-refractivity contribution in [2.75, 3.05) is 24.5 Å². The van der Waals surface area contributed by atoms with Crippen LogP contribution in [0.25, 0.3) is 16.6 Å². The van der Waals surface area contributed by atoms with Gasteiger partial charge in [0.05, 0.1) is 23.6 Å². The molecule has 2 aromatic heterocycles. The van der Waals surface area contributed by atoms with E-state index in [0.717, 1.165) is 27.8 Å². The average molecular weight is 531 g/mol. The van der Waals surface area contributed by atoms with E-state index >= 15 is 0 Å². The molecule has 0 saturated carbocycles. The Bertz CT molecular complexity index is 1680. The summed E-state index contributed by atoms with van der Waals surface area (Å²) in [6.07, 6.45) is 5.45. The summed E-state index contributed by atoms with van der Waals surface area (Å²) < 4.78 is 45.1. The summed E-state index contributed by atoms with van der Waals surface area (Å²) in [5.74, 6) is -0.290. The SMILES string of the molecule is Cn1cc(S(=O)(=O)N2CCN(c3ccc4c(cnn4-c4ccc(F)cc4)c3)[C@H](Cc3ccccc3)C2)cn1.